The third kappa shape index (κ3) is 3.30. The second-order valence-electron chi connectivity index (χ2n) is 4.52. The van der Waals surface area contributed by atoms with Crippen LogP contribution in [0.2, 0.25) is 0 Å². The van der Waals surface area contributed by atoms with Crippen molar-refractivity contribution >= 4 is 0 Å². The smallest absolute Gasteiger partial charge is 0.0495 e. The summed E-state index contributed by atoms with van der Waals surface area (Å²) in [5.74, 6) is 6.28. The van der Waals surface area contributed by atoms with Crippen LogP contribution in [0.15, 0.2) is 30.3 Å². The molecule has 1 fully saturated rings. The van der Waals surface area contributed by atoms with Crippen molar-refractivity contribution in [2.75, 3.05) is 13.2 Å². The van der Waals surface area contributed by atoms with Gasteiger partial charge in [0.1, 0.15) is 0 Å². The lowest BCUT2D eigenvalue weighted by Crippen LogP contribution is -2.38. The maximum absolute atomic E-state index is 5.61. The zero-order valence-electron chi connectivity index (χ0n) is 9.56. The van der Waals surface area contributed by atoms with Gasteiger partial charge in [-0.15, -0.1) is 0 Å². The van der Waals surface area contributed by atoms with Crippen molar-refractivity contribution in [3.63, 3.8) is 0 Å². The second kappa shape index (κ2) is 5.99. The van der Waals surface area contributed by atoms with E-state index in [2.05, 4.69) is 29.7 Å². The van der Waals surface area contributed by atoms with Gasteiger partial charge in [0.15, 0.2) is 0 Å². The second-order valence-corrected chi connectivity index (χ2v) is 4.52. The topological polar surface area (TPSA) is 47.3 Å². The number of hydrogen-bond acceptors (Lipinski definition) is 3. The Balaban J connectivity index is 1.85. The van der Waals surface area contributed by atoms with Gasteiger partial charge < -0.3 is 4.74 Å². The van der Waals surface area contributed by atoms with Gasteiger partial charge in [-0.1, -0.05) is 30.3 Å². The highest BCUT2D eigenvalue weighted by molar-refractivity contribution is 5.15. The summed E-state index contributed by atoms with van der Waals surface area (Å²) in [6, 6.07) is 10.8. The molecule has 0 aliphatic carbocycles. The van der Waals surface area contributed by atoms with Crippen LogP contribution in [0.4, 0.5) is 0 Å². The highest BCUT2D eigenvalue weighted by atomic mass is 16.5. The largest absolute Gasteiger partial charge is 0.381 e. The van der Waals surface area contributed by atoms with E-state index in [1.54, 1.807) is 0 Å². The summed E-state index contributed by atoms with van der Waals surface area (Å²) in [6.45, 7) is 1.81. The Morgan fingerprint density at radius 1 is 1.38 bits per heavy atom. The van der Waals surface area contributed by atoms with Gasteiger partial charge >= 0.3 is 0 Å². The Bertz CT molecular complexity index is 296. The van der Waals surface area contributed by atoms with E-state index in [1.807, 2.05) is 6.07 Å². The lowest BCUT2D eigenvalue weighted by molar-refractivity contribution is 0.181. The van der Waals surface area contributed by atoms with Gasteiger partial charge in [0.05, 0.1) is 0 Å². The minimum absolute atomic E-state index is 0.356. The lowest BCUT2D eigenvalue weighted by atomic mass is 9.95. The number of hydrazine groups is 1. The summed E-state index contributed by atoms with van der Waals surface area (Å²) in [7, 11) is 0. The molecule has 1 heterocycles. The molecule has 0 radical (unpaired) electrons. The molecule has 16 heavy (non-hydrogen) atoms. The van der Waals surface area contributed by atoms with Gasteiger partial charge in [-0.25, -0.2) is 0 Å². The van der Waals surface area contributed by atoms with Crippen molar-refractivity contribution in [1.29, 1.82) is 0 Å². The molecule has 88 valence electrons. The van der Waals surface area contributed by atoms with Crippen LogP contribution in [-0.2, 0) is 11.2 Å². The molecule has 1 aromatic carbocycles. The fourth-order valence-electron chi connectivity index (χ4n) is 2.28. The predicted molar refractivity (Wildman–Crippen MR) is 64.8 cm³/mol. The summed E-state index contributed by atoms with van der Waals surface area (Å²) >= 11 is 0. The summed E-state index contributed by atoms with van der Waals surface area (Å²) in [4.78, 5) is 0. The molecule has 2 unspecified atom stereocenters. The highest BCUT2D eigenvalue weighted by Crippen LogP contribution is 2.19. The molecule has 1 aliphatic heterocycles. The van der Waals surface area contributed by atoms with E-state index < -0.39 is 0 Å². The van der Waals surface area contributed by atoms with Gasteiger partial charge in [0.2, 0.25) is 0 Å². The number of rotatable bonds is 5. The highest BCUT2D eigenvalue weighted by Gasteiger charge is 2.20. The Hall–Kier alpha value is -0.900. The van der Waals surface area contributed by atoms with Crippen molar-refractivity contribution in [3.8, 4) is 0 Å². The average Bonchev–Trinajstić information content (AvgIpc) is 2.82. The third-order valence-corrected chi connectivity index (χ3v) is 3.20. The standard InChI is InChI=1S/C13H20N2O/c14-15-13(9-12-6-7-16-10-12)8-11-4-2-1-3-5-11/h1-5,12-13,15H,6-10,14H2. The minimum Gasteiger partial charge on any atom is -0.381 e. The number of ether oxygens (including phenoxy) is 1. The summed E-state index contributed by atoms with van der Waals surface area (Å²) in [5, 5.41) is 0. The van der Waals surface area contributed by atoms with Gasteiger partial charge in [0, 0.05) is 19.3 Å². The Labute approximate surface area is 97.0 Å². The fraction of sp³-hybridized carbons (Fsp3) is 0.538. The number of nitrogens with two attached hydrogens (primary N) is 1. The van der Waals surface area contributed by atoms with Crippen LogP contribution < -0.4 is 11.3 Å². The van der Waals surface area contributed by atoms with Crippen LogP contribution in [-0.4, -0.2) is 19.3 Å². The number of benzene rings is 1. The van der Waals surface area contributed by atoms with E-state index in [0.717, 1.165) is 26.1 Å². The van der Waals surface area contributed by atoms with E-state index >= 15 is 0 Å². The van der Waals surface area contributed by atoms with Crippen LogP contribution >= 0.6 is 0 Å². The number of nitrogens with one attached hydrogen (secondary N) is 1. The van der Waals surface area contributed by atoms with Crippen molar-refractivity contribution in [1.82, 2.24) is 5.43 Å². The summed E-state index contributed by atoms with van der Waals surface area (Å²) < 4.78 is 5.38. The molecular weight excluding hydrogens is 200 g/mol. The van der Waals surface area contributed by atoms with Crippen LogP contribution in [0.3, 0.4) is 0 Å². The molecule has 1 saturated heterocycles. The first-order valence-corrected chi connectivity index (χ1v) is 5.96. The van der Waals surface area contributed by atoms with E-state index in [0.29, 0.717) is 12.0 Å². The third-order valence-electron chi connectivity index (χ3n) is 3.20. The van der Waals surface area contributed by atoms with Crippen LogP contribution in [0.5, 0.6) is 0 Å². The molecule has 1 aromatic rings. The zero-order valence-corrected chi connectivity index (χ0v) is 9.56. The molecule has 3 nitrogen and oxygen atoms in total. The molecule has 3 heteroatoms. The molecule has 0 saturated carbocycles. The van der Waals surface area contributed by atoms with Gasteiger partial charge in [-0.3, -0.25) is 11.3 Å². The minimum atomic E-state index is 0.356. The Morgan fingerprint density at radius 3 is 2.81 bits per heavy atom. The van der Waals surface area contributed by atoms with Crippen LogP contribution in [0.1, 0.15) is 18.4 Å². The molecule has 0 aromatic heterocycles. The quantitative estimate of drug-likeness (QED) is 0.584. The van der Waals surface area contributed by atoms with Gasteiger partial charge in [-0.05, 0) is 30.7 Å². The average molecular weight is 220 g/mol. The van der Waals surface area contributed by atoms with E-state index in [-0.39, 0.29) is 0 Å². The molecule has 2 rings (SSSR count). The van der Waals surface area contributed by atoms with E-state index in [9.17, 15) is 0 Å². The normalized spacial score (nSPS) is 22.2. The van der Waals surface area contributed by atoms with Gasteiger partial charge in [-0.2, -0.15) is 0 Å². The predicted octanol–water partition coefficient (Wildman–Crippen LogP) is 1.49. The van der Waals surface area contributed by atoms with E-state index in [4.69, 9.17) is 10.6 Å². The van der Waals surface area contributed by atoms with Crippen LogP contribution in [0.25, 0.3) is 0 Å². The van der Waals surface area contributed by atoms with Crippen molar-refractivity contribution in [3.05, 3.63) is 35.9 Å². The maximum Gasteiger partial charge on any atom is 0.0495 e. The first-order chi connectivity index (χ1) is 7.88. The first-order valence-electron chi connectivity index (χ1n) is 5.96. The number of hydrogen-bond donors (Lipinski definition) is 2. The van der Waals surface area contributed by atoms with Gasteiger partial charge in [0.25, 0.3) is 0 Å². The van der Waals surface area contributed by atoms with Crippen molar-refractivity contribution in [2.45, 2.75) is 25.3 Å². The maximum atomic E-state index is 5.61. The SMILES string of the molecule is NNC(Cc1ccccc1)CC1CCOC1. The fourth-order valence-corrected chi connectivity index (χ4v) is 2.28. The lowest BCUT2D eigenvalue weighted by Gasteiger charge is -2.19. The molecule has 1 aliphatic rings. The molecule has 0 bridgehead atoms. The van der Waals surface area contributed by atoms with Crippen molar-refractivity contribution < 1.29 is 4.74 Å². The molecule has 0 spiro atoms. The molecule has 0 amide bonds. The monoisotopic (exact) mass is 220 g/mol. The zero-order chi connectivity index (χ0) is 11.2. The van der Waals surface area contributed by atoms with Crippen LogP contribution in [0, 0.1) is 5.92 Å². The van der Waals surface area contributed by atoms with Crippen molar-refractivity contribution in [2.24, 2.45) is 11.8 Å². The molecular formula is C13H20N2O. The Kier molecular flexibility index (Phi) is 4.34. The summed E-state index contributed by atoms with van der Waals surface area (Å²) in [5.41, 5.74) is 4.26. The Morgan fingerprint density at radius 2 is 2.19 bits per heavy atom. The summed E-state index contributed by atoms with van der Waals surface area (Å²) in [6.07, 6.45) is 3.27. The molecule has 3 N–H and O–H groups in total. The first kappa shape index (κ1) is 11.6. The molecule has 2 atom stereocenters. The van der Waals surface area contributed by atoms with E-state index in [1.165, 1.54) is 12.0 Å².